The Morgan fingerprint density at radius 2 is 1.90 bits per heavy atom. The van der Waals surface area contributed by atoms with Gasteiger partial charge in [0.05, 0.1) is 17.0 Å². The number of carbonyl (C=O) groups excluding carboxylic acids is 1. The van der Waals surface area contributed by atoms with E-state index in [1.807, 2.05) is 0 Å². The first kappa shape index (κ1) is 15.5. The number of rotatable bonds is 4. The maximum absolute atomic E-state index is 11.9. The largest absolute Gasteiger partial charge is 0.325 e. The van der Waals surface area contributed by atoms with Crippen LogP contribution in [0.25, 0.3) is 0 Å². The van der Waals surface area contributed by atoms with E-state index >= 15 is 0 Å². The van der Waals surface area contributed by atoms with E-state index in [2.05, 4.69) is 21.2 Å². The minimum absolute atomic E-state index is 0.000367. The van der Waals surface area contributed by atoms with Crippen molar-refractivity contribution in [2.24, 2.45) is 0 Å². The van der Waals surface area contributed by atoms with Crippen LogP contribution in [0.5, 0.6) is 0 Å². The molecule has 0 radical (unpaired) electrons. The standard InChI is InChI=1S/C14H10BrClN2O3/c15-12-8-10(16)3-6-13(12)17-14(19)7-9-1-4-11(5-2-9)18(20)21/h1-6,8H,7H2,(H,17,19). The highest BCUT2D eigenvalue weighted by atomic mass is 79.9. The summed E-state index contributed by atoms with van der Waals surface area (Å²) in [7, 11) is 0. The summed E-state index contributed by atoms with van der Waals surface area (Å²) in [6, 6.07) is 10.9. The van der Waals surface area contributed by atoms with E-state index in [4.69, 9.17) is 11.6 Å². The number of non-ortho nitro benzene ring substituents is 1. The number of amides is 1. The van der Waals surface area contributed by atoms with Gasteiger partial charge in [-0.2, -0.15) is 0 Å². The van der Waals surface area contributed by atoms with Crippen LogP contribution in [-0.4, -0.2) is 10.8 Å². The number of hydrogen-bond donors (Lipinski definition) is 1. The molecule has 0 aromatic heterocycles. The van der Waals surface area contributed by atoms with Crippen molar-refractivity contribution in [2.45, 2.75) is 6.42 Å². The maximum Gasteiger partial charge on any atom is 0.269 e. The number of benzene rings is 2. The Bertz CT molecular complexity index is 689. The van der Waals surface area contributed by atoms with Gasteiger partial charge in [-0.15, -0.1) is 0 Å². The van der Waals surface area contributed by atoms with E-state index in [-0.39, 0.29) is 18.0 Å². The molecule has 2 aromatic carbocycles. The summed E-state index contributed by atoms with van der Waals surface area (Å²) in [6.45, 7) is 0. The number of hydrogen-bond acceptors (Lipinski definition) is 3. The molecule has 5 nitrogen and oxygen atoms in total. The summed E-state index contributed by atoms with van der Waals surface area (Å²) < 4.78 is 0.687. The van der Waals surface area contributed by atoms with Gasteiger partial charge in [0.15, 0.2) is 0 Å². The highest BCUT2D eigenvalue weighted by Gasteiger charge is 2.09. The SMILES string of the molecule is O=C(Cc1ccc([N+](=O)[O-])cc1)Nc1ccc(Cl)cc1Br. The molecule has 7 heteroatoms. The van der Waals surface area contributed by atoms with Gasteiger partial charge in [0.2, 0.25) is 5.91 Å². The van der Waals surface area contributed by atoms with Crippen LogP contribution < -0.4 is 5.32 Å². The van der Waals surface area contributed by atoms with E-state index in [0.29, 0.717) is 20.7 Å². The molecule has 1 amide bonds. The highest BCUT2D eigenvalue weighted by molar-refractivity contribution is 9.10. The van der Waals surface area contributed by atoms with E-state index in [0.717, 1.165) is 0 Å². The molecule has 0 atom stereocenters. The number of nitro groups is 1. The fourth-order valence-electron chi connectivity index (χ4n) is 1.71. The van der Waals surface area contributed by atoms with Gasteiger partial charge >= 0.3 is 0 Å². The Morgan fingerprint density at radius 3 is 2.48 bits per heavy atom. The van der Waals surface area contributed by atoms with Gasteiger partial charge in [-0.05, 0) is 39.7 Å². The smallest absolute Gasteiger partial charge is 0.269 e. The first-order chi connectivity index (χ1) is 9.95. The third-order valence-corrected chi connectivity index (χ3v) is 3.61. The highest BCUT2D eigenvalue weighted by Crippen LogP contribution is 2.26. The molecule has 0 aliphatic heterocycles. The van der Waals surface area contributed by atoms with Crippen LogP contribution >= 0.6 is 27.5 Å². The van der Waals surface area contributed by atoms with Crippen molar-refractivity contribution in [2.75, 3.05) is 5.32 Å². The molecule has 0 heterocycles. The van der Waals surface area contributed by atoms with Crippen molar-refractivity contribution in [3.63, 3.8) is 0 Å². The Labute approximate surface area is 134 Å². The second-order valence-corrected chi connectivity index (χ2v) is 5.56. The predicted octanol–water partition coefficient (Wildman–Crippen LogP) is 4.19. The minimum atomic E-state index is -0.478. The molecule has 108 valence electrons. The van der Waals surface area contributed by atoms with Crippen molar-refractivity contribution >= 4 is 44.8 Å². The zero-order valence-corrected chi connectivity index (χ0v) is 13.0. The Kier molecular flexibility index (Phi) is 4.93. The van der Waals surface area contributed by atoms with Crippen LogP contribution in [0.3, 0.4) is 0 Å². The lowest BCUT2D eigenvalue weighted by Crippen LogP contribution is -2.14. The van der Waals surface area contributed by atoms with Gasteiger partial charge in [-0.1, -0.05) is 23.7 Å². The predicted molar refractivity (Wildman–Crippen MR) is 84.6 cm³/mol. The van der Waals surface area contributed by atoms with Crippen LogP contribution in [-0.2, 0) is 11.2 Å². The topological polar surface area (TPSA) is 72.2 Å². The number of carbonyl (C=O) groups is 1. The second-order valence-electron chi connectivity index (χ2n) is 4.27. The molecule has 2 aromatic rings. The molecular formula is C14H10BrClN2O3. The molecular weight excluding hydrogens is 360 g/mol. The average molecular weight is 370 g/mol. The summed E-state index contributed by atoms with van der Waals surface area (Å²) in [5.41, 5.74) is 1.31. The lowest BCUT2D eigenvalue weighted by molar-refractivity contribution is -0.384. The summed E-state index contributed by atoms with van der Waals surface area (Å²) in [5, 5.41) is 13.9. The molecule has 0 saturated carbocycles. The van der Waals surface area contributed by atoms with E-state index in [1.165, 1.54) is 12.1 Å². The zero-order chi connectivity index (χ0) is 15.4. The van der Waals surface area contributed by atoms with Gasteiger partial charge in [0.1, 0.15) is 0 Å². The molecule has 0 unspecified atom stereocenters. The van der Waals surface area contributed by atoms with Gasteiger partial charge in [-0.25, -0.2) is 0 Å². The van der Waals surface area contributed by atoms with Crippen LogP contribution in [0.1, 0.15) is 5.56 Å². The number of nitrogens with zero attached hydrogens (tertiary/aromatic N) is 1. The van der Waals surface area contributed by atoms with E-state index in [1.54, 1.807) is 30.3 Å². The van der Waals surface area contributed by atoms with E-state index < -0.39 is 4.92 Å². The summed E-state index contributed by atoms with van der Waals surface area (Å²) in [5.74, 6) is -0.216. The summed E-state index contributed by atoms with van der Waals surface area (Å²) in [6.07, 6.45) is 0.132. The molecule has 0 bridgehead atoms. The Balaban J connectivity index is 2.02. The zero-order valence-electron chi connectivity index (χ0n) is 10.7. The summed E-state index contributed by atoms with van der Waals surface area (Å²) >= 11 is 9.14. The van der Waals surface area contributed by atoms with Crippen LogP contribution in [0, 0.1) is 10.1 Å². The quantitative estimate of drug-likeness (QED) is 0.648. The van der Waals surface area contributed by atoms with Gasteiger partial charge < -0.3 is 5.32 Å². The normalized spacial score (nSPS) is 10.2. The molecule has 2 rings (SSSR count). The number of nitrogens with one attached hydrogen (secondary N) is 1. The van der Waals surface area contributed by atoms with Crippen molar-refractivity contribution in [3.05, 3.63) is 67.6 Å². The monoisotopic (exact) mass is 368 g/mol. The molecule has 1 N–H and O–H groups in total. The summed E-state index contributed by atoms with van der Waals surface area (Å²) in [4.78, 5) is 22.0. The van der Waals surface area contributed by atoms with Gasteiger partial charge in [0, 0.05) is 21.6 Å². The first-order valence-electron chi connectivity index (χ1n) is 5.94. The van der Waals surface area contributed by atoms with Crippen molar-refractivity contribution in [1.82, 2.24) is 0 Å². The lowest BCUT2D eigenvalue weighted by atomic mass is 10.1. The van der Waals surface area contributed by atoms with Crippen LogP contribution in [0.2, 0.25) is 5.02 Å². The molecule has 0 fully saturated rings. The van der Waals surface area contributed by atoms with Crippen LogP contribution in [0.15, 0.2) is 46.9 Å². The van der Waals surface area contributed by atoms with Crippen LogP contribution in [0.4, 0.5) is 11.4 Å². The van der Waals surface area contributed by atoms with Gasteiger partial charge in [0.25, 0.3) is 5.69 Å². The number of nitro benzene ring substituents is 1. The molecule has 21 heavy (non-hydrogen) atoms. The third-order valence-electron chi connectivity index (χ3n) is 2.72. The maximum atomic E-state index is 11.9. The average Bonchev–Trinajstić information content (AvgIpc) is 2.42. The lowest BCUT2D eigenvalue weighted by Gasteiger charge is -2.07. The van der Waals surface area contributed by atoms with Gasteiger partial charge in [-0.3, -0.25) is 14.9 Å². The van der Waals surface area contributed by atoms with E-state index in [9.17, 15) is 14.9 Å². The van der Waals surface area contributed by atoms with Crippen molar-refractivity contribution < 1.29 is 9.72 Å². The number of halogens is 2. The Hall–Kier alpha value is -1.92. The Morgan fingerprint density at radius 1 is 1.24 bits per heavy atom. The molecule has 0 aliphatic rings. The first-order valence-corrected chi connectivity index (χ1v) is 7.11. The fourth-order valence-corrected chi connectivity index (χ4v) is 2.49. The molecule has 0 saturated heterocycles. The molecule has 0 spiro atoms. The van der Waals surface area contributed by atoms with Crippen molar-refractivity contribution in [3.8, 4) is 0 Å². The minimum Gasteiger partial charge on any atom is -0.325 e. The fraction of sp³-hybridized carbons (Fsp3) is 0.0714. The second kappa shape index (κ2) is 6.69. The van der Waals surface area contributed by atoms with Crippen molar-refractivity contribution in [1.29, 1.82) is 0 Å². The molecule has 0 aliphatic carbocycles. The number of anilines is 1. The third kappa shape index (κ3) is 4.27.